The van der Waals surface area contributed by atoms with Crippen molar-refractivity contribution in [2.75, 3.05) is 26.8 Å². The standard InChI is InChI=1S/C13H26N4O3S/c1-5-6-14-9-12-10-15-16-13(12)21(18,19)17(11(2)3)7-8-20-4/h10-11,14H,5-9H2,1-4H3,(H,15,16). The largest absolute Gasteiger partial charge is 0.383 e. The molecule has 1 rings (SSSR count). The molecule has 0 atom stereocenters. The number of hydrogen-bond acceptors (Lipinski definition) is 5. The molecular formula is C13H26N4O3S. The van der Waals surface area contributed by atoms with Crippen LogP contribution in [-0.2, 0) is 21.3 Å². The van der Waals surface area contributed by atoms with E-state index >= 15 is 0 Å². The van der Waals surface area contributed by atoms with Gasteiger partial charge in [-0.3, -0.25) is 5.10 Å². The highest BCUT2D eigenvalue weighted by Gasteiger charge is 2.30. The Morgan fingerprint density at radius 1 is 1.48 bits per heavy atom. The molecule has 0 fully saturated rings. The van der Waals surface area contributed by atoms with Gasteiger partial charge in [0.1, 0.15) is 0 Å². The molecule has 8 heteroatoms. The van der Waals surface area contributed by atoms with Crippen molar-refractivity contribution in [2.24, 2.45) is 0 Å². The molecule has 0 amide bonds. The van der Waals surface area contributed by atoms with Crippen LogP contribution in [0.1, 0.15) is 32.8 Å². The summed E-state index contributed by atoms with van der Waals surface area (Å²) in [5.74, 6) is 0. The summed E-state index contributed by atoms with van der Waals surface area (Å²) in [7, 11) is -2.04. The summed E-state index contributed by atoms with van der Waals surface area (Å²) >= 11 is 0. The molecule has 122 valence electrons. The summed E-state index contributed by atoms with van der Waals surface area (Å²) in [5.41, 5.74) is 0.659. The van der Waals surface area contributed by atoms with Crippen LogP contribution in [0.4, 0.5) is 0 Å². The SMILES string of the molecule is CCCNCc1cn[nH]c1S(=O)(=O)N(CCOC)C(C)C. The summed E-state index contributed by atoms with van der Waals surface area (Å²) in [6.45, 7) is 7.74. The van der Waals surface area contributed by atoms with Gasteiger partial charge >= 0.3 is 0 Å². The van der Waals surface area contributed by atoms with Gasteiger partial charge in [-0.1, -0.05) is 6.92 Å². The van der Waals surface area contributed by atoms with Crippen LogP contribution in [0.2, 0.25) is 0 Å². The number of aromatic amines is 1. The normalized spacial score (nSPS) is 12.5. The molecule has 0 bridgehead atoms. The molecule has 1 aromatic rings. The maximum atomic E-state index is 12.8. The number of sulfonamides is 1. The van der Waals surface area contributed by atoms with Crippen molar-refractivity contribution in [3.05, 3.63) is 11.8 Å². The summed E-state index contributed by atoms with van der Waals surface area (Å²) in [6, 6.07) is -0.148. The van der Waals surface area contributed by atoms with E-state index in [1.165, 1.54) is 4.31 Å². The van der Waals surface area contributed by atoms with Gasteiger partial charge in [0.25, 0.3) is 10.0 Å². The Morgan fingerprint density at radius 3 is 2.76 bits per heavy atom. The first kappa shape index (κ1) is 18.1. The zero-order valence-electron chi connectivity index (χ0n) is 13.2. The van der Waals surface area contributed by atoms with E-state index in [2.05, 4.69) is 22.4 Å². The van der Waals surface area contributed by atoms with Crippen molar-refractivity contribution in [2.45, 2.75) is 44.8 Å². The van der Waals surface area contributed by atoms with E-state index in [4.69, 9.17) is 4.74 Å². The number of nitrogens with one attached hydrogen (secondary N) is 2. The molecule has 0 radical (unpaired) electrons. The number of aromatic nitrogens is 2. The first-order valence-electron chi connectivity index (χ1n) is 7.18. The molecule has 7 nitrogen and oxygen atoms in total. The first-order valence-corrected chi connectivity index (χ1v) is 8.62. The van der Waals surface area contributed by atoms with Gasteiger partial charge in [-0.15, -0.1) is 0 Å². The van der Waals surface area contributed by atoms with E-state index in [-0.39, 0.29) is 11.1 Å². The lowest BCUT2D eigenvalue weighted by molar-refractivity contribution is 0.170. The highest BCUT2D eigenvalue weighted by atomic mass is 32.2. The average molecular weight is 318 g/mol. The Morgan fingerprint density at radius 2 is 2.19 bits per heavy atom. The fourth-order valence-corrected chi connectivity index (χ4v) is 3.73. The Kier molecular flexibility index (Phi) is 7.30. The molecule has 2 N–H and O–H groups in total. The fraction of sp³-hybridized carbons (Fsp3) is 0.769. The zero-order chi connectivity index (χ0) is 15.9. The Labute approximate surface area is 127 Å². The Bertz CT molecular complexity index is 513. The van der Waals surface area contributed by atoms with Gasteiger partial charge in [0.2, 0.25) is 0 Å². The second-order valence-electron chi connectivity index (χ2n) is 5.10. The monoisotopic (exact) mass is 318 g/mol. The Balaban J connectivity index is 2.97. The van der Waals surface area contributed by atoms with Crippen LogP contribution in [0.25, 0.3) is 0 Å². The molecule has 0 saturated carbocycles. The van der Waals surface area contributed by atoms with Gasteiger partial charge < -0.3 is 10.1 Å². The minimum Gasteiger partial charge on any atom is -0.383 e. The maximum Gasteiger partial charge on any atom is 0.260 e. The van der Waals surface area contributed by atoms with Crippen LogP contribution < -0.4 is 5.32 Å². The minimum atomic E-state index is -3.60. The number of hydrogen-bond donors (Lipinski definition) is 2. The topological polar surface area (TPSA) is 87.3 Å². The molecule has 1 aromatic heterocycles. The van der Waals surface area contributed by atoms with Crippen molar-refractivity contribution >= 4 is 10.0 Å². The first-order chi connectivity index (χ1) is 9.95. The van der Waals surface area contributed by atoms with Gasteiger partial charge in [0.15, 0.2) is 5.03 Å². The summed E-state index contributed by atoms with van der Waals surface area (Å²) in [5, 5.41) is 9.87. The number of methoxy groups -OCH3 is 1. The molecule has 0 aliphatic carbocycles. The van der Waals surface area contributed by atoms with Gasteiger partial charge in [-0.05, 0) is 26.8 Å². The van der Waals surface area contributed by atoms with Crippen LogP contribution >= 0.6 is 0 Å². The lowest BCUT2D eigenvalue weighted by atomic mass is 10.3. The molecule has 0 aliphatic heterocycles. The van der Waals surface area contributed by atoms with Gasteiger partial charge in [0.05, 0.1) is 12.8 Å². The number of H-pyrrole nitrogens is 1. The smallest absolute Gasteiger partial charge is 0.260 e. The third-order valence-corrected chi connectivity index (χ3v) is 5.17. The second-order valence-corrected chi connectivity index (χ2v) is 6.93. The zero-order valence-corrected chi connectivity index (χ0v) is 14.0. The predicted octanol–water partition coefficient (Wildman–Crippen LogP) is 0.955. The quantitative estimate of drug-likeness (QED) is 0.627. The molecule has 0 aliphatic rings. The fourth-order valence-electron chi connectivity index (χ4n) is 2.00. The second kappa shape index (κ2) is 8.47. The average Bonchev–Trinajstić information content (AvgIpc) is 2.88. The van der Waals surface area contributed by atoms with Crippen molar-refractivity contribution < 1.29 is 13.2 Å². The van der Waals surface area contributed by atoms with Gasteiger partial charge in [-0.25, -0.2) is 8.42 Å². The summed E-state index contributed by atoms with van der Waals surface area (Å²) in [4.78, 5) is 0. The predicted molar refractivity (Wildman–Crippen MR) is 81.5 cm³/mol. The van der Waals surface area contributed by atoms with Crippen LogP contribution in [0, 0.1) is 0 Å². The third-order valence-electron chi connectivity index (χ3n) is 3.08. The van der Waals surface area contributed by atoms with Gasteiger partial charge in [-0.2, -0.15) is 9.40 Å². The van der Waals surface area contributed by atoms with Crippen molar-refractivity contribution in [1.82, 2.24) is 19.8 Å². The van der Waals surface area contributed by atoms with Gasteiger partial charge in [0, 0.05) is 31.8 Å². The summed E-state index contributed by atoms with van der Waals surface area (Å²) < 4.78 is 32.0. The van der Waals surface area contributed by atoms with E-state index in [1.54, 1.807) is 13.3 Å². The molecule has 0 aromatic carbocycles. The molecular weight excluding hydrogens is 292 g/mol. The number of ether oxygens (including phenoxy) is 1. The van der Waals surface area contributed by atoms with E-state index in [9.17, 15) is 8.42 Å². The molecule has 0 spiro atoms. The maximum absolute atomic E-state index is 12.8. The number of rotatable bonds is 10. The Hall–Kier alpha value is -0.960. The van der Waals surface area contributed by atoms with E-state index < -0.39 is 10.0 Å². The van der Waals surface area contributed by atoms with Crippen LogP contribution in [0.3, 0.4) is 0 Å². The van der Waals surface area contributed by atoms with Crippen molar-refractivity contribution in [3.63, 3.8) is 0 Å². The van der Waals surface area contributed by atoms with Crippen LogP contribution in [0.15, 0.2) is 11.2 Å². The van der Waals surface area contributed by atoms with Crippen molar-refractivity contribution in [3.8, 4) is 0 Å². The lowest BCUT2D eigenvalue weighted by Gasteiger charge is -2.25. The number of nitrogens with zero attached hydrogens (tertiary/aromatic N) is 2. The van der Waals surface area contributed by atoms with E-state index in [0.717, 1.165) is 13.0 Å². The van der Waals surface area contributed by atoms with E-state index in [0.29, 0.717) is 25.3 Å². The summed E-state index contributed by atoms with van der Waals surface area (Å²) in [6.07, 6.45) is 2.55. The lowest BCUT2D eigenvalue weighted by Crippen LogP contribution is -2.39. The van der Waals surface area contributed by atoms with Crippen LogP contribution in [-0.4, -0.2) is 55.8 Å². The third kappa shape index (κ3) is 4.77. The molecule has 0 saturated heterocycles. The highest BCUT2D eigenvalue weighted by Crippen LogP contribution is 2.19. The highest BCUT2D eigenvalue weighted by molar-refractivity contribution is 7.89. The van der Waals surface area contributed by atoms with E-state index in [1.807, 2.05) is 13.8 Å². The van der Waals surface area contributed by atoms with Crippen LogP contribution in [0.5, 0.6) is 0 Å². The molecule has 21 heavy (non-hydrogen) atoms. The molecule has 1 heterocycles. The minimum absolute atomic E-state index is 0.148. The molecule has 0 unspecified atom stereocenters. The van der Waals surface area contributed by atoms with Crippen molar-refractivity contribution in [1.29, 1.82) is 0 Å².